The van der Waals surface area contributed by atoms with Crippen molar-refractivity contribution in [3.05, 3.63) is 28.8 Å². The van der Waals surface area contributed by atoms with Gasteiger partial charge in [0.25, 0.3) is 0 Å². The van der Waals surface area contributed by atoms with E-state index >= 15 is 0 Å². The maximum atomic E-state index is 12.0. The van der Waals surface area contributed by atoms with Crippen LogP contribution in [0.4, 0.5) is 8.78 Å². The minimum atomic E-state index is -3.01. The van der Waals surface area contributed by atoms with Crippen molar-refractivity contribution in [3.63, 3.8) is 0 Å². The molecule has 5 heteroatoms. The van der Waals surface area contributed by atoms with Gasteiger partial charge in [0, 0.05) is 5.56 Å². The number of carbonyl (C=O) groups is 1. The predicted octanol–water partition coefficient (Wildman–Crippen LogP) is 2.80. The lowest BCUT2D eigenvalue weighted by molar-refractivity contribution is 0.0678. The Morgan fingerprint density at radius 3 is 2.57 bits per heavy atom. The molecule has 0 unspecified atom stereocenters. The van der Waals surface area contributed by atoms with Crippen LogP contribution >= 0.6 is 11.6 Å². The monoisotopic (exact) mass is 220 g/mol. The quantitative estimate of drug-likeness (QED) is 0.733. The molecular weight excluding hydrogens is 214 g/mol. The van der Waals surface area contributed by atoms with Gasteiger partial charge in [-0.3, -0.25) is 4.79 Å². The summed E-state index contributed by atoms with van der Waals surface area (Å²) in [6, 6.07) is 3.78. The van der Waals surface area contributed by atoms with Crippen LogP contribution in [-0.4, -0.2) is 19.3 Å². The molecule has 14 heavy (non-hydrogen) atoms. The average molecular weight is 221 g/mol. The lowest BCUT2D eigenvalue weighted by Crippen LogP contribution is -2.09. The number of rotatable bonds is 3. The molecule has 0 atom stereocenters. The molecule has 0 saturated carbocycles. The first-order valence-electron chi connectivity index (χ1n) is 3.72. The molecule has 2 nitrogen and oxygen atoms in total. The van der Waals surface area contributed by atoms with Crippen molar-refractivity contribution >= 4 is 17.4 Å². The van der Waals surface area contributed by atoms with E-state index in [0.29, 0.717) is 5.75 Å². The smallest absolute Gasteiger partial charge is 0.300 e. The van der Waals surface area contributed by atoms with Gasteiger partial charge in [-0.15, -0.1) is 0 Å². The van der Waals surface area contributed by atoms with E-state index < -0.39 is 12.2 Å². The highest BCUT2D eigenvalue weighted by Crippen LogP contribution is 2.25. The fourth-order valence-electron chi connectivity index (χ4n) is 0.946. The number of halogens is 3. The standard InChI is InChI=1S/C9H7ClF2O2/c1-14-7-3-2-5(4-6(7)10)8(13)9(11)12/h2-4,9H,1H3. The van der Waals surface area contributed by atoms with Crippen LogP contribution in [0, 0.1) is 0 Å². The van der Waals surface area contributed by atoms with Crippen molar-refractivity contribution in [2.45, 2.75) is 6.43 Å². The molecule has 1 aromatic rings. The molecule has 76 valence electrons. The van der Waals surface area contributed by atoms with Crippen LogP contribution in [0.1, 0.15) is 10.4 Å². The second-order valence-corrected chi connectivity index (χ2v) is 2.92. The fraction of sp³-hybridized carbons (Fsp3) is 0.222. The normalized spacial score (nSPS) is 10.4. The molecule has 0 radical (unpaired) electrons. The Labute approximate surface area is 84.4 Å². The van der Waals surface area contributed by atoms with Crippen LogP contribution < -0.4 is 4.74 Å². The van der Waals surface area contributed by atoms with Crippen LogP contribution in [-0.2, 0) is 0 Å². The zero-order valence-corrected chi connectivity index (χ0v) is 8.02. The van der Waals surface area contributed by atoms with Crippen LogP contribution in [0.3, 0.4) is 0 Å². The van der Waals surface area contributed by atoms with Crippen molar-refractivity contribution in [2.24, 2.45) is 0 Å². The second-order valence-electron chi connectivity index (χ2n) is 2.51. The lowest BCUT2D eigenvalue weighted by Gasteiger charge is -2.04. The van der Waals surface area contributed by atoms with Crippen LogP contribution in [0.2, 0.25) is 5.02 Å². The number of ether oxygens (including phenoxy) is 1. The lowest BCUT2D eigenvalue weighted by atomic mass is 10.1. The third kappa shape index (κ3) is 2.20. The Hall–Kier alpha value is -1.16. The molecule has 0 bridgehead atoms. The summed E-state index contributed by atoms with van der Waals surface area (Å²) in [4.78, 5) is 10.8. The van der Waals surface area contributed by atoms with Crippen molar-refractivity contribution in [1.29, 1.82) is 0 Å². The van der Waals surface area contributed by atoms with Gasteiger partial charge in [-0.1, -0.05) is 11.6 Å². The minimum Gasteiger partial charge on any atom is -0.495 e. The van der Waals surface area contributed by atoms with Gasteiger partial charge in [0.2, 0.25) is 5.78 Å². The van der Waals surface area contributed by atoms with E-state index in [1.807, 2.05) is 0 Å². The molecule has 0 fully saturated rings. The molecule has 0 aliphatic heterocycles. The molecule has 0 N–H and O–H groups in total. The summed E-state index contributed by atoms with van der Waals surface area (Å²) in [6.07, 6.45) is -3.01. The SMILES string of the molecule is COc1ccc(C(=O)C(F)F)cc1Cl. The van der Waals surface area contributed by atoms with Crippen molar-refractivity contribution in [1.82, 2.24) is 0 Å². The number of hydrogen-bond donors (Lipinski definition) is 0. The molecule has 0 aliphatic rings. The highest BCUT2D eigenvalue weighted by Gasteiger charge is 2.18. The van der Waals surface area contributed by atoms with Gasteiger partial charge >= 0.3 is 6.43 Å². The third-order valence-electron chi connectivity index (χ3n) is 1.63. The van der Waals surface area contributed by atoms with E-state index in [1.54, 1.807) is 0 Å². The van der Waals surface area contributed by atoms with Crippen LogP contribution in [0.5, 0.6) is 5.75 Å². The zero-order valence-electron chi connectivity index (χ0n) is 7.26. The van der Waals surface area contributed by atoms with Gasteiger partial charge in [0.05, 0.1) is 12.1 Å². The first-order valence-corrected chi connectivity index (χ1v) is 4.10. The van der Waals surface area contributed by atoms with E-state index in [-0.39, 0.29) is 10.6 Å². The number of benzene rings is 1. The molecular formula is C9H7ClF2O2. The first kappa shape index (κ1) is 10.9. The molecule has 0 spiro atoms. The summed E-state index contributed by atoms with van der Waals surface area (Å²) in [5.74, 6) is -0.896. The molecule has 1 aromatic carbocycles. The number of ketones is 1. The van der Waals surface area contributed by atoms with E-state index in [4.69, 9.17) is 16.3 Å². The fourth-order valence-corrected chi connectivity index (χ4v) is 1.20. The van der Waals surface area contributed by atoms with Gasteiger partial charge in [0.1, 0.15) is 5.75 Å². The molecule has 0 amide bonds. The summed E-state index contributed by atoms with van der Waals surface area (Å²) >= 11 is 5.66. The highest BCUT2D eigenvalue weighted by atomic mass is 35.5. The Morgan fingerprint density at radius 2 is 2.14 bits per heavy atom. The van der Waals surface area contributed by atoms with Gasteiger partial charge in [-0.2, -0.15) is 0 Å². The maximum absolute atomic E-state index is 12.0. The molecule has 0 aliphatic carbocycles. The first-order chi connectivity index (χ1) is 6.56. The van der Waals surface area contributed by atoms with Gasteiger partial charge < -0.3 is 4.74 Å². The molecule has 0 heterocycles. The Morgan fingerprint density at radius 1 is 1.50 bits per heavy atom. The number of Topliss-reactive ketones (excluding diaryl/α,β-unsaturated/α-hetero) is 1. The molecule has 0 aromatic heterocycles. The number of hydrogen-bond acceptors (Lipinski definition) is 2. The largest absolute Gasteiger partial charge is 0.495 e. The summed E-state index contributed by atoms with van der Waals surface area (Å²) < 4.78 is 28.8. The van der Waals surface area contributed by atoms with Crippen molar-refractivity contribution in [3.8, 4) is 5.75 Å². The van der Waals surface area contributed by atoms with Crippen LogP contribution in [0.25, 0.3) is 0 Å². The number of alkyl halides is 2. The van der Waals surface area contributed by atoms with Crippen LogP contribution in [0.15, 0.2) is 18.2 Å². The van der Waals surface area contributed by atoms with E-state index in [2.05, 4.69) is 0 Å². The summed E-state index contributed by atoms with van der Waals surface area (Å²) in [7, 11) is 1.40. The minimum absolute atomic E-state index is 0.120. The molecule has 0 saturated heterocycles. The summed E-state index contributed by atoms with van der Waals surface area (Å²) in [6.45, 7) is 0. The topological polar surface area (TPSA) is 26.3 Å². The Balaban J connectivity index is 3.03. The maximum Gasteiger partial charge on any atom is 0.300 e. The molecule has 1 rings (SSSR count). The Bertz CT molecular complexity index is 353. The number of methoxy groups -OCH3 is 1. The third-order valence-corrected chi connectivity index (χ3v) is 1.93. The van der Waals surface area contributed by atoms with Gasteiger partial charge in [-0.05, 0) is 18.2 Å². The van der Waals surface area contributed by atoms with Gasteiger partial charge in [-0.25, -0.2) is 8.78 Å². The predicted molar refractivity (Wildman–Crippen MR) is 48.3 cm³/mol. The average Bonchev–Trinajstić information content (AvgIpc) is 2.16. The van der Waals surface area contributed by atoms with Crippen molar-refractivity contribution in [2.75, 3.05) is 7.11 Å². The van der Waals surface area contributed by atoms with Gasteiger partial charge in [0.15, 0.2) is 0 Å². The summed E-state index contributed by atoms with van der Waals surface area (Å²) in [5.41, 5.74) is -0.120. The van der Waals surface area contributed by atoms with E-state index in [0.717, 1.165) is 6.07 Å². The van der Waals surface area contributed by atoms with E-state index in [1.165, 1.54) is 19.2 Å². The Kier molecular flexibility index (Phi) is 3.41. The zero-order chi connectivity index (χ0) is 10.7. The number of carbonyl (C=O) groups excluding carboxylic acids is 1. The summed E-state index contributed by atoms with van der Waals surface area (Å²) in [5, 5.41) is 0.138. The van der Waals surface area contributed by atoms with E-state index in [9.17, 15) is 13.6 Å². The van der Waals surface area contributed by atoms with Crippen molar-refractivity contribution < 1.29 is 18.3 Å². The second kappa shape index (κ2) is 4.37. The highest BCUT2D eigenvalue weighted by molar-refractivity contribution is 6.32.